The molecular formula is C16H14BF2N3O. The van der Waals surface area contributed by atoms with Crippen molar-refractivity contribution in [2.45, 2.75) is 12.8 Å². The molecule has 116 valence electrons. The summed E-state index contributed by atoms with van der Waals surface area (Å²) in [5.41, 5.74) is 2.53. The van der Waals surface area contributed by atoms with Crippen LogP contribution in [0.3, 0.4) is 0 Å². The molecule has 4 rings (SSSR count). The van der Waals surface area contributed by atoms with Crippen molar-refractivity contribution in [3.8, 4) is 11.4 Å². The number of hydrogen-bond donors (Lipinski definition) is 1. The third-order valence-corrected chi connectivity index (χ3v) is 4.29. The zero-order valence-electron chi connectivity index (χ0n) is 12.2. The van der Waals surface area contributed by atoms with Crippen LogP contribution in [0.5, 0.6) is 0 Å². The summed E-state index contributed by atoms with van der Waals surface area (Å²) in [6.45, 7) is -4.01. The van der Waals surface area contributed by atoms with Gasteiger partial charge in [0.2, 0.25) is 0 Å². The first-order valence-electron chi connectivity index (χ1n) is 7.49. The zero-order chi connectivity index (χ0) is 16.0. The number of aldehydes is 1. The Bertz CT molecular complexity index is 875. The average molecular weight is 313 g/mol. The van der Waals surface area contributed by atoms with Gasteiger partial charge in [0.25, 0.3) is 0 Å². The van der Waals surface area contributed by atoms with Crippen LogP contribution in [-0.2, 0) is 4.79 Å². The van der Waals surface area contributed by atoms with E-state index in [-0.39, 0.29) is 6.42 Å². The second-order valence-electron chi connectivity index (χ2n) is 5.65. The number of rotatable bonds is 4. The van der Waals surface area contributed by atoms with Crippen LogP contribution in [0, 0.1) is 0 Å². The van der Waals surface area contributed by atoms with Crippen molar-refractivity contribution in [2.24, 2.45) is 0 Å². The lowest BCUT2D eigenvalue weighted by Gasteiger charge is -2.30. The highest BCUT2D eigenvalue weighted by Gasteiger charge is 2.52. The van der Waals surface area contributed by atoms with Crippen LogP contribution >= 0.6 is 0 Å². The van der Waals surface area contributed by atoms with E-state index in [2.05, 4.69) is 4.98 Å². The average Bonchev–Trinajstić information content (AvgIpc) is 3.24. The van der Waals surface area contributed by atoms with E-state index < -0.39 is 6.97 Å². The number of carbonyl (C=O) groups excluding carboxylic acids is 1. The molecule has 0 aromatic carbocycles. The topological polar surface area (TPSA) is 40.8 Å². The summed E-state index contributed by atoms with van der Waals surface area (Å²) in [5, 5.41) is 0. The first-order chi connectivity index (χ1) is 11.1. The zero-order valence-corrected chi connectivity index (χ0v) is 12.2. The summed E-state index contributed by atoms with van der Waals surface area (Å²) in [7, 11) is 0. The molecule has 2 aromatic rings. The highest BCUT2D eigenvalue weighted by atomic mass is 19.2. The predicted octanol–water partition coefficient (Wildman–Crippen LogP) is 3.06. The van der Waals surface area contributed by atoms with E-state index in [1.807, 2.05) is 0 Å². The van der Waals surface area contributed by atoms with Crippen molar-refractivity contribution < 1.29 is 17.9 Å². The summed E-state index contributed by atoms with van der Waals surface area (Å²) in [5.74, 6) is 0. The molecule has 0 spiro atoms. The van der Waals surface area contributed by atoms with Crippen LogP contribution in [0.4, 0.5) is 8.63 Å². The second-order valence-corrected chi connectivity index (χ2v) is 5.65. The SMILES string of the molecule is O=CCCC1=[N+]2C(=Cc3ccc(-c4ccc[nH]4)n3[B-]2(F)F)C=C1. The summed E-state index contributed by atoms with van der Waals surface area (Å²) < 4.78 is 32.7. The molecule has 1 N–H and O–H groups in total. The van der Waals surface area contributed by atoms with Crippen LogP contribution in [0.1, 0.15) is 18.5 Å². The first kappa shape index (κ1) is 13.9. The van der Waals surface area contributed by atoms with Crippen LogP contribution in [0.2, 0.25) is 0 Å². The molecule has 2 aliphatic rings. The molecule has 0 saturated carbocycles. The Labute approximate surface area is 131 Å². The minimum Gasteiger partial charge on any atom is -0.389 e. The molecule has 4 heterocycles. The van der Waals surface area contributed by atoms with E-state index in [9.17, 15) is 4.79 Å². The molecule has 0 unspecified atom stereocenters. The Morgan fingerprint density at radius 1 is 1.26 bits per heavy atom. The summed E-state index contributed by atoms with van der Waals surface area (Å²) in [6.07, 6.45) is 8.11. The fraction of sp³-hybridized carbons (Fsp3) is 0.125. The Hall–Kier alpha value is -2.70. The van der Waals surface area contributed by atoms with Crippen molar-refractivity contribution >= 4 is 25.0 Å². The third-order valence-electron chi connectivity index (χ3n) is 4.29. The molecule has 2 aromatic heterocycles. The number of hydrogen-bond acceptors (Lipinski definition) is 1. The quantitative estimate of drug-likeness (QED) is 0.684. The van der Waals surface area contributed by atoms with E-state index in [0.29, 0.717) is 34.9 Å². The highest BCUT2D eigenvalue weighted by molar-refractivity contribution is 6.58. The maximum atomic E-state index is 15.3. The lowest BCUT2D eigenvalue weighted by molar-refractivity contribution is -0.362. The van der Waals surface area contributed by atoms with Gasteiger partial charge >= 0.3 is 6.97 Å². The standard InChI is InChI=1S/C16H14BF2N3O/c18-17(19)21-12(3-2-10-23)5-6-13(21)11-14-7-8-16(22(14)17)15-4-1-9-20-15/h1,4-11,20H,2-3H2. The maximum absolute atomic E-state index is 15.3. The number of halogens is 2. The number of nitrogens with one attached hydrogen (secondary N) is 1. The normalized spacial score (nSPS) is 17.9. The molecule has 0 amide bonds. The van der Waals surface area contributed by atoms with Crippen molar-refractivity contribution in [2.75, 3.05) is 0 Å². The molecule has 0 bridgehead atoms. The minimum absolute atomic E-state index is 0.234. The molecule has 2 aliphatic heterocycles. The van der Waals surface area contributed by atoms with Gasteiger partial charge in [-0.25, -0.2) is 0 Å². The van der Waals surface area contributed by atoms with Crippen molar-refractivity contribution in [1.29, 1.82) is 0 Å². The van der Waals surface area contributed by atoms with Gasteiger partial charge in [0, 0.05) is 48.7 Å². The summed E-state index contributed by atoms with van der Waals surface area (Å²) >= 11 is 0. The van der Waals surface area contributed by atoms with Gasteiger partial charge in [0.05, 0.1) is 5.69 Å². The summed E-state index contributed by atoms with van der Waals surface area (Å²) in [6, 6.07) is 6.95. The fourth-order valence-corrected chi connectivity index (χ4v) is 3.32. The molecule has 0 aliphatic carbocycles. The molecular weight excluding hydrogens is 299 g/mol. The van der Waals surface area contributed by atoms with Crippen LogP contribution in [-0.4, -0.2) is 32.9 Å². The van der Waals surface area contributed by atoms with E-state index in [0.717, 1.165) is 15.3 Å². The van der Waals surface area contributed by atoms with E-state index in [1.165, 1.54) is 0 Å². The van der Waals surface area contributed by atoms with Crippen molar-refractivity contribution in [3.63, 3.8) is 0 Å². The van der Waals surface area contributed by atoms with Crippen LogP contribution in [0.25, 0.3) is 17.5 Å². The summed E-state index contributed by atoms with van der Waals surface area (Å²) in [4.78, 5) is 13.6. The van der Waals surface area contributed by atoms with Gasteiger partial charge in [-0.05, 0) is 24.3 Å². The lowest BCUT2D eigenvalue weighted by Crippen LogP contribution is -2.50. The van der Waals surface area contributed by atoms with Crippen molar-refractivity contribution in [3.05, 3.63) is 54.0 Å². The molecule has 0 saturated heterocycles. The highest BCUT2D eigenvalue weighted by Crippen LogP contribution is 2.35. The first-order valence-corrected chi connectivity index (χ1v) is 7.49. The molecule has 0 atom stereocenters. The number of allylic oxidation sites excluding steroid dienone is 2. The monoisotopic (exact) mass is 313 g/mol. The number of fused-ring (bicyclic) bond motifs is 2. The third kappa shape index (κ3) is 1.96. The molecule has 0 fully saturated rings. The Morgan fingerprint density at radius 3 is 2.87 bits per heavy atom. The van der Waals surface area contributed by atoms with Gasteiger partial charge in [-0.2, -0.15) is 0 Å². The van der Waals surface area contributed by atoms with E-state index >= 15 is 8.63 Å². The minimum atomic E-state index is -4.01. The smallest absolute Gasteiger partial charge is 0.389 e. The van der Waals surface area contributed by atoms with Gasteiger partial charge in [0.1, 0.15) is 12.0 Å². The Morgan fingerprint density at radius 2 is 2.13 bits per heavy atom. The van der Waals surface area contributed by atoms with Gasteiger partial charge in [-0.15, -0.1) is 0 Å². The Balaban J connectivity index is 1.90. The maximum Gasteiger partial charge on any atom is 0.737 e. The van der Waals surface area contributed by atoms with Crippen LogP contribution < -0.4 is 0 Å². The van der Waals surface area contributed by atoms with Gasteiger partial charge in [-0.1, -0.05) is 0 Å². The largest absolute Gasteiger partial charge is 0.737 e. The van der Waals surface area contributed by atoms with Crippen LogP contribution in [0.15, 0.2) is 48.3 Å². The number of carbonyl (C=O) groups is 1. The van der Waals surface area contributed by atoms with E-state index in [4.69, 9.17) is 0 Å². The van der Waals surface area contributed by atoms with Gasteiger partial charge in [-0.3, -0.25) is 0 Å². The molecule has 7 heteroatoms. The number of aromatic nitrogens is 2. The molecule has 23 heavy (non-hydrogen) atoms. The van der Waals surface area contributed by atoms with Crippen molar-refractivity contribution in [1.82, 2.24) is 9.46 Å². The lowest BCUT2D eigenvalue weighted by atomic mass is 9.90. The predicted molar refractivity (Wildman–Crippen MR) is 85.3 cm³/mol. The number of H-pyrrole nitrogens is 1. The Kier molecular flexibility index (Phi) is 2.97. The second kappa shape index (κ2) is 4.91. The number of aromatic amines is 1. The van der Waals surface area contributed by atoms with Gasteiger partial charge in [0.15, 0.2) is 5.70 Å². The number of nitrogens with zero attached hydrogens (tertiary/aromatic N) is 2. The molecule has 0 radical (unpaired) electrons. The van der Waals surface area contributed by atoms with Gasteiger partial charge < -0.3 is 27.4 Å². The fourth-order valence-electron chi connectivity index (χ4n) is 3.32. The van der Waals surface area contributed by atoms with E-state index in [1.54, 1.807) is 48.7 Å². The molecule has 4 nitrogen and oxygen atoms in total.